The number of furan rings is 1. The van der Waals surface area contributed by atoms with Crippen LogP contribution in [-0.2, 0) is 9.59 Å². The molecule has 0 spiro atoms. The second kappa shape index (κ2) is 6.48. The molecule has 0 unspecified atom stereocenters. The van der Waals surface area contributed by atoms with Crippen molar-refractivity contribution in [3.8, 4) is 0 Å². The van der Waals surface area contributed by atoms with Gasteiger partial charge in [-0.2, -0.15) is 0 Å². The van der Waals surface area contributed by atoms with Crippen molar-refractivity contribution in [2.75, 3.05) is 10.2 Å². The smallest absolute Gasteiger partial charge is 0.227 e. The van der Waals surface area contributed by atoms with E-state index in [1.807, 2.05) is 44.2 Å². The second-order valence-electron chi connectivity index (χ2n) is 6.97. The zero-order chi connectivity index (χ0) is 18.3. The monoisotopic (exact) mass is 350 g/mol. The summed E-state index contributed by atoms with van der Waals surface area (Å²) in [4.78, 5) is 27.7. The fourth-order valence-electron chi connectivity index (χ4n) is 4.01. The van der Waals surface area contributed by atoms with Crippen molar-refractivity contribution in [3.05, 3.63) is 60.2 Å². The van der Waals surface area contributed by atoms with Crippen molar-refractivity contribution < 1.29 is 14.0 Å². The molecular formula is C21H22N2O3. The molecule has 5 nitrogen and oxygen atoms in total. The van der Waals surface area contributed by atoms with Crippen molar-refractivity contribution in [3.63, 3.8) is 0 Å². The van der Waals surface area contributed by atoms with Gasteiger partial charge in [-0.1, -0.05) is 32.1 Å². The molecule has 0 saturated carbocycles. The second-order valence-corrected chi connectivity index (χ2v) is 6.97. The van der Waals surface area contributed by atoms with E-state index in [0.29, 0.717) is 18.6 Å². The molecule has 134 valence electrons. The first-order chi connectivity index (χ1) is 12.6. The molecule has 5 heteroatoms. The van der Waals surface area contributed by atoms with Gasteiger partial charge in [0.05, 0.1) is 23.6 Å². The first kappa shape index (κ1) is 16.6. The number of ketones is 1. The number of fused-ring (bicyclic) bond motifs is 2. The van der Waals surface area contributed by atoms with Gasteiger partial charge in [0.1, 0.15) is 17.6 Å². The fourth-order valence-corrected chi connectivity index (χ4v) is 4.01. The van der Waals surface area contributed by atoms with Crippen LogP contribution in [0, 0.1) is 11.8 Å². The number of anilines is 2. The van der Waals surface area contributed by atoms with Gasteiger partial charge < -0.3 is 9.73 Å². The first-order valence-electron chi connectivity index (χ1n) is 9.06. The van der Waals surface area contributed by atoms with Gasteiger partial charge >= 0.3 is 0 Å². The molecule has 0 fully saturated rings. The van der Waals surface area contributed by atoms with Crippen LogP contribution < -0.4 is 10.2 Å². The van der Waals surface area contributed by atoms with Gasteiger partial charge in [0.25, 0.3) is 0 Å². The summed E-state index contributed by atoms with van der Waals surface area (Å²) < 4.78 is 5.69. The molecule has 4 rings (SSSR count). The van der Waals surface area contributed by atoms with Crippen LogP contribution in [0.4, 0.5) is 11.4 Å². The number of carbonyl (C=O) groups excluding carboxylic acids is 2. The van der Waals surface area contributed by atoms with Crippen LogP contribution in [0.1, 0.15) is 38.5 Å². The molecule has 1 aliphatic carbocycles. The number of benzene rings is 1. The zero-order valence-corrected chi connectivity index (χ0v) is 14.9. The highest BCUT2D eigenvalue weighted by molar-refractivity contribution is 6.00. The summed E-state index contributed by atoms with van der Waals surface area (Å²) in [6.45, 7) is 3.88. The average molecular weight is 350 g/mol. The molecule has 1 aromatic carbocycles. The number of Topliss-reactive ketones (excluding diaryl/α,β-unsaturated/α-hetero) is 1. The minimum atomic E-state index is -0.486. The van der Waals surface area contributed by atoms with Crippen LogP contribution in [0.3, 0.4) is 0 Å². The maximum Gasteiger partial charge on any atom is 0.227 e. The normalized spacial score (nSPS) is 24.8. The molecule has 1 aliphatic heterocycles. The van der Waals surface area contributed by atoms with Crippen LogP contribution in [0.5, 0.6) is 0 Å². The number of hydrogen-bond donors (Lipinski definition) is 1. The van der Waals surface area contributed by atoms with E-state index in [0.717, 1.165) is 17.1 Å². The Morgan fingerprint density at radius 1 is 1.27 bits per heavy atom. The largest absolute Gasteiger partial charge is 0.467 e. The molecule has 26 heavy (non-hydrogen) atoms. The Morgan fingerprint density at radius 3 is 2.81 bits per heavy atom. The summed E-state index contributed by atoms with van der Waals surface area (Å²) in [7, 11) is 0. The summed E-state index contributed by atoms with van der Waals surface area (Å²) in [6.07, 6.45) is 4.52. The Morgan fingerprint density at radius 2 is 2.08 bits per heavy atom. The predicted molar refractivity (Wildman–Crippen MR) is 99.7 cm³/mol. The average Bonchev–Trinajstić information content (AvgIpc) is 3.10. The third-order valence-corrected chi connectivity index (χ3v) is 5.11. The van der Waals surface area contributed by atoms with Gasteiger partial charge in [-0.05, 0) is 30.2 Å². The van der Waals surface area contributed by atoms with Gasteiger partial charge in [-0.25, -0.2) is 0 Å². The van der Waals surface area contributed by atoms with Gasteiger partial charge in [0, 0.05) is 18.5 Å². The molecule has 2 heterocycles. The lowest BCUT2D eigenvalue weighted by atomic mass is 9.80. The van der Waals surface area contributed by atoms with E-state index < -0.39 is 12.0 Å². The quantitative estimate of drug-likeness (QED) is 0.877. The van der Waals surface area contributed by atoms with Gasteiger partial charge in [-0.3, -0.25) is 14.5 Å². The number of para-hydroxylation sites is 2. The SMILES string of the molecule is CCC(=O)N1c2ccccc2NC2=C[C@H](C)CC(=O)[C@@H]2[C@@H]1c1ccco1. The Kier molecular flexibility index (Phi) is 4.15. The van der Waals surface area contributed by atoms with Crippen molar-refractivity contribution in [2.24, 2.45) is 11.8 Å². The number of nitrogens with one attached hydrogen (secondary N) is 1. The Balaban J connectivity index is 1.97. The van der Waals surface area contributed by atoms with Crippen LogP contribution in [0.15, 0.2) is 58.9 Å². The predicted octanol–water partition coefficient (Wildman–Crippen LogP) is 4.30. The Bertz CT molecular complexity index is 869. The number of allylic oxidation sites excluding steroid dienone is 1. The summed E-state index contributed by atoms with van der Waals surface area (Å²) in [5.41, 5.74) is 2.46. The van der Waals surface area contributed by atoms with Crippen molar-refractivity contribution in [1.29, 1.82) is 0 Å². The number of hydrogen-bond acceptors (Lipinski definition) is 4. The van der Waals surface area contributed by atoms with Crippen LogP contribution in [0.2, 0.25) is 0 Å². The highest BCUT2D eigenvalue weighted by atomic mass is 16.3. The van der Waals surface area contributed by atoms with Crippen molar-refractivity contribution in [2.45, 2.75) is 32.7 Å². The molecule has 0 saturated heterocycles. The molecule has 1 N–H and O–H groups in total. The molecule has 2 aromatic rings. The number of carbonyl (C=O) groups is 2. The number of amides is 1. The first-order valence-corrected chi connectivity index (χ1v) is 9.06. The minimum absolute atomic E-state index is 0.0340. The molecular weight excluding hydrogens is 328 g/mol. The molecule has 0 radical (unpaired) electrons. The summed E-state index contributed by atoms with van der Waals surface area (Å²) in [5.74, 6) is 0.433. The highest BCUT2D eigenvalue weighted by Crippen LogP contribution is 2.46. The van der Waals surface area contributed by atoms with E-state index in [2.05, 4.69) is 11.4 Å². The Labute approximate surface area is 152 Å². The van der Waals surface area contributed by atoms with E-state index in [-0.39, 0.29) is 17.6 Å². The van der Waals surface area contributed by atoms with E-state index >= 15 is 0 Å². The van der Waals surface area contributed by atoms with Gasteiger partial charge in [0.2, 0.25) is 5.91 Å². The third-order valence-electron chi connectivity index (χ3n) is 5.11. The van der Waals surface area contributed by atoms with E-state index in [4.69, 9.17) is 4.42 Å². The van der Waals surface area contributed by atoms with E-state index in [9.17, 15) is 9.59 Å². The topological polar surface area (TPSA) is 62.6 Å². The molecule has 2 aliphatic rings. The molecule has 1 aromatic heterocycles. The van der Waals surface area contributed by atoms with Crippen molar-refractivity contribution in [1.82, 2.24) is 0 Å². The zero-order valence-electron chi connectivity index (χ0n) is 14.9. The van der Waals surface area contributed by atoms with Crippen LogP contribution >= 0.6 is 0 Å². The van der Waals surface area contributed by atoms with Gasteiger partial charge in [0.15, 0.2) is 0 Å². The summed E-state index contributed by atoms with van der Waals surface area (Å²) in [5, 5.41) is 3.43. The number of rotatable bonds is 2. The minimum Gasteiger partial charge on any atom is -0.467 e. The number of nitrogens with zero attached hydrogens (tertiary/aromatic N) is 1. The highest BCUT2D eigenvalue weighted by Gasteiger charge is 2.45. The van der Waals surface area contributed by atoms with Crippen LogP contribution in [-0.4, -0.2) is 11.7 Å². The molecule has 1 amide bonds. The van der Waals surface area contributed by atoms with E-state index in [1.54, 1.807) is 17.2 Å². The fraction of sp³-hybridized carbons (Fsp3) is 0.333. The molecule has 0 bridgehead atoms. The standard InChI is InChI=1S/C21H22N2O3/c1-3-19(25)23-16-8-5-4-7-14(16)22-15-11-13(2)12-17(24)20(15)21(23)18-9-6-10-26-18/h4-11,13,20-22H,3,12H2,1-2H3/t13-,20+,21-/m0/s1. The van der Waals surface area contributed by atoms with Crippen molar-refractivity contribution >= 4 is 23.1 Å². The third kappa shape index (κ3) is 2.64. The maximum absolute atomic E-state index is 13.0. The lowest BCUT2D eigenvalue weighted by molar-refractivity contribution is -0.124. The lowest BCUT2D eigenvalue weighted by Gasteiger charge is -2.35. The van der Waals surface area contributed by atoms with E-state index in [1.165, 1.54) is 0 Å². The lowest BCUT2D eigenvalue weighted by Crippen LogP contribution is -2.42. The van der Waals surface area contributed by atoms with Gasteiger partial charge in [-0.15, -0.1) is 0 Å². The summed E-state index contributed by atoms with van der Waals surface area (Å²) >= 11 is 0. The Hall–Kier alpha value is -2.82. The summed E-state index contributed by atoms with van der Waals surface area (Å²) in [6, 6.07) is 10.8. The maximum atomic E-state index is 13.0. The molecule has 3 atom stereocenters. The van der Waals surface area contributed by atoms with Crippen LogP contribution in [0.25, 0.3) is 0 Å².